The molecule has 38 heavy (non-hydrogen) atoms. The van der Waals surface area contributed by atoms with Crippen molar-refractivity contribution in [3.63, 3.8) is 0 Å². The lowest BCUT2D eigenvalue weighted by Gasteiger charge is -2.27. The summed E-state index contributed by atoms with van der Waals surface area (Å²) in [6.45, 7) is 3.68. The Labute approximate surface area is 229 Å². The molecule has 0 aromatic heterocycles. The van der Waals surface area contributed by atoms with Crippen molar-refractivity contribution in [1.82, 2.24) is 5.32 Å². The van der Waals surface area contributed by atoms with Gasteiger partial charge in [0, 0.05) is 11.1 Å². The fraction of sp³-hybridized carbons (Fsp3) is 0.321. The number of anilines is 1. The second-order valence-corrected chi connectivity index (χ2v) is 11.3. The molecule has 3 aromatic rings. The third-order valence-corrected chi connectivity index (χ3v) is 7.93. The Hall–Kier alpha value is -3.43. The topological polar surface area (TPSA) is 94.2 Å². The maximum atomic E-state index is 13.8. The highest BCUT2D eigenvalue weighted by atomic mass is 35.5. The number of ether oxygens (including phenoxy) is 3. The van der Waals surface area contributed by atoms with Gasteiger partial charge in [-0.3, -0.25) is 9.10 Å². The number of hydrogen-bond acceptors (Lipinski definition) is 6. The summed E-state index contributed by atoms with van der Waals surface area (Å²) in [4.78, 5) is 13.3. The zero-order chi connectivity index (χ0) is 27.9. The zero-order valence-electron chi connectivity index (χ0n) is 22.1. The number of nitrogens with zero attached hydrogens (tertiary/aromatic N) is 1. The Balaban J connectivity index is 1.96. The average molecular weight is 561 g/mol. The van der Waals surface area contributed by atoms with Crippen LogP contribution in [0, 0.1) is 5.92 Å². The van der Waals surface area contributed by atoms with Crippen molar-refractivity contribution in [2.24, 2.45) is 5.92 Å². The average Bonchev–Trinajstić information content (AvgIpc) is 2.91. The molecule has 0 radical (unpaired) electrons. The van der Waals surface area contributed by atoms with Gasteiger partial charge in [0.05, 0.1) is 38.0 Å². The smallest absolute Gasteiger partial charge is 0.264 e. The number of amides is 1. The predicted octanol–water partition coefficient (Wildman–Crippen LogP) is 5.46. The number of carbonyl (C=O) groups excluding carboxylic acids is 1. The molecule has 1 atom stereocenters. The zero-order valence-corrected chi connectivity index (χ0v) is 23.7. The van der Waals surface area contributed by atoms with E-state index in [1.165, 1.54) is 32.4 Å². The first-order chi connectivity index (χ1) is 18.1. The first-order valence-electron chi connectivity index (χ1n) is 12.0. The first kappa shape index (κ1) is 29.1. The normalized spacial score (nSPS) is 12.1. The van der Waals surface area contributed by atoms with Gasteiger partial charge < -0.3 is 19.5 Å². The second-order valence-electron chi connectivity index (χ2n) is 9.03. The van der Waals surface area contributed by atoms with Crippen molar-refractivity contribution in [3.05, 3.63) is 77.3 Å². The van der Waals surface area contributed by atoms with Gasteiger partial charge in [0.15, 0.2) is 11.5 Å². The summed E-state index contributed by atoms with van der Waals surface area (Å²) in [6.07, 6.45) is 0.668. The Morgan fingerprint density at radius 3 is 2.08 bits per heavy atom. The van der Waals surface area contributed by atoms with Gasteiger partial charge in [-0.05, 0) is 66.4 Å². The molecule has 3 aromatic carbocycles. The summed E-state index contributed by atoms with van der Waals surface area (Å²) >= 11 is 6.05. The monoisotopic (exact) mass is 560 g/mol. The molecular weight excluding hydrogens is 528 g/mol. The van der Waals surface area contributed by atoms with E-state index in [1.807, 2.05) is 24.3 Å². The summed E-state index contributed by atoms with van der Waals surface area (Å²) in [5.74, 6) is 1.18. The highest BCUT2D eigenvalue weighted by Gasteiger charge is 2.29. The molecular formula is C28H33ClN2O6S. The summed E-state index contributed by atoms with van der Waals surface area (Å²) in [7, 11) is 0.303. The third-order valence-electron chi connectivity index (χ3n) is 5.91. The molecule has 0 saturated heterocycles. The van der Waals surface area contributed by atoms with Gasteiger partial charge >= 0.3 is 0 Å². The van der Waals surface area contributed by atoms with Gasteiger partial charge in [-0.1, -0.05) is 37.6 Å². The van der Waals surface area contributed by atoms with Crippen LogP contribution in [0.15, 0.2) is 71.6 Å². The minimum Gasteiger partial charge on any atom is -0.497 e. The van der Waals surface area contributed by atoms with Crippen LogP contribution in [0.3, 0.4) is 0 Å². The Morgan fingerprint density at radius 1 is 0.895 bits per heavy atom. The van der Waals surface area contributed by atoms with Gasteiger partial charge in [0.2, 0.25) is 5.91 Å². The second kappa shape index (κ2) is 12.9. The number of hydrogen-bond donors (Lipinski definition) is 1. The highest BCUT2D eigenvalue weighted by Crippen LogP contribution is 2.32. The Kier molecular flexibility index (Phi) is 9.88. The predicted molar refractivity (Wildman–Crippen MR) is 149 cm³/mol. The van der Waals surface area contributed by atoms with Crippen LogP contribution < -0.4 is 23.8 Å². The van der Waals surface area contributed by atoms with Crippen LogP contribution in [0.25, 0.3) is 0 Å². The molecule has 0 saturated carbocycles. The quantitative estimate of drug-likeness (QED) is 0.316. The van der Waals surface area contributed by atoms with Crippen LogP contribution in [0.1, 0.15) is 31.9 Å². The fourth-order valence-corrected chi connectivity index (χ4v) is 5.55. The molecule has 204 valence electrons. The summed E-state index contributed by atoms with van der Waals surface area (Å²) < 4.78 is 44.5. The van der Waals surface area contributed by atoms with Crippen molar-refractivity contribution < 1.29 is 27.4 Å². The number of sulfonamides is 1. The maximum absolute atomic E-state index is 13.8. The summed E-state index contributed by atoms with van der Waals surface area (Å²) in [5.41, 5.74) is 1.19. The minimum absolute atomic E-state index is 0.0493. The van der Waals surface area contributed by atoms with E-state index in [0.29, 0.717) is 28.6 Å². The van der Waals surface area contributed by atoms with Gasteiger partial charge in [-0.25, -0.2) is 8.42 Å². The van der Waals surface area contributed by atoms with Crippen molar-refractivity contribution in [1.29, 1.82) is 0 Å². The summed E-state index contributed by atoms with van der Waals surface area (Å²) in [5, 5.41) is 3.46. The van der Waals surface area contributed by atoms with E-state index in [2.05, 4.69) is 19.2 Å². The van der Waals surface area contributed by atoms with E-state index < -0.39 is 22.5 Å². The molecule has 10 heteroatoms. The highest BCUT2D eigenvalue weighted by molar-refractivity contribution is 7.92. The molecule has 0 aliphatic rings. The molecule has 1 N–H and O–H groups in total. The van der Waals surface area contributed by atoms with Crippen LogP contribution in [0.2, 0.25) is 5.02 Å². The number of nitrogens with one attached hydrogen (secondary N) is 1. The summed E-state index contributed by atoms with van der Waals surface area (Å²) in [6, 6.07) is 17.7. The number of rotatable bonds is 12. The van der Waals surface area contributed by atoms with Crippen LogP contribution in [-0.2, 0) is 14.8 Å². The largest absolute Gasteiger partial charge is 0.497 e. The van der Waals surface area contributed by atoms with Crippen LogP contribution in [0.4, 0.5) is 5.69 Å². The van der Waals surface area contributed by atoms with Crippen LogP contribution in [-0.4, -0.2) is 42.2 Å². The molecule has 0 aliphatic heterocycles. The minimum atomic E-state index is -4.17. The van der Waals surface area contributed by atoms with Crippen molar-refractivity contribution in [2.45, 2.75) is 31.2 Å². The van der Waals surface area contributed by atoms with Crippen molar-refractivity contribution in [2.75, 3.05) is 32.2 Å². The lowest BCUT2D eigenvalue weighted by atomic mass is 9.97. The van der Waals surface area contributed by atoms with Gasteiger partial charge in [-0.2, -0.15) is 0 Å². The number of carbonyl (C=O) groups is 1. The molecule has 0 fully saturated rings. The van der Waals surface area contributed by atoms with Gasteiger partial charge in [0.1, 0.15) is 12.3 Å². The molecule has 8 nitrogen and oxygen atoms in total. The van der Waals surface area contributed by atoms with E-state index in [4.69, 9.17) is 25.8 Å². The van der Waals surface area contributed by atoms with E-state index in [1.54, 1.807) is 31.4 Å². The van der Waals surface area contributed by atoms with E-state index in [0.717, 1.165) is 9.87 Å². The van der Waals surface area contributed by atoms with Gasteiger partial charge in [0.25, 0.3) is 10.0 Å². The fourth-order valence-electron chi connectivity index (χ4n) is 3.98. The molecule has 0 aliphatic carbocycles. The van der Waals surface area contributed by atoms with E-state index >= 15 is 0 Å². The lowest BCUT2D eigenvalue weighted by Crippen LogP contribution is -2.42. The molecule has 0 unspecified atom stereocenters. The van der Waals surface area contributed by atoms with Crippen molar-refractivity contribution in [3.8, 4) is 17.2 Å². The molecule has 3 rings (SSSR count). The van der Waals surface area contributed by atoms with E-state index in [9.17, 15) is 13.2 Å². The molecule has 0 bridgehead atoms. The van der Waals surface area contributed by atoms with Crippen LogP contribution >= 0.6 is 11.6 Å². The first-order valence-corrected chi connectivity index (χ1v) is 13.8. The molecule has 0 heterocycles. The SMILES string of the molecule is COc1ccc([C@H](CC(C)C)NC(=O)CN(c2ccc(Cl)cc2)S(=O)(=O)c2ccc(OC)c(OC)c2)cc1. The Bertz CT molecular complexity index is 1330. The van der Waals surface area contributed by atoms with E-state index in [-0.39, 0.29) is 22.6 Å². The standard InChI is InChI=1S/C28H33ClN2O6S/c1-19(2)16-25(20-6-12-23(35-3)13-7-20)30-28(32)18-31(22-10-8-21(29)9-11-22)38(33,34)24-14-15-26(36-4)27(17-24)37-5/h6-15,17,19,25H,16,18H2,1-5H3,(H,30,32)/t25-/m0/s1. The van der Waals surface area contributed by atoms with Crippen LogP contribution in [0.5, 0.6) is 17.2 Å². The Morgan fingerprint density at radius 2 is 1.53 bits per heavy atom. The number of methoxy groups -OCH3 is 3. The van der Waals surface area contributed by atoms with Gasteiger partial charge in [-0.15, -0.1) is 0 Å². The lowest BCUT2D eigenvalue weighted by molar-refractivity contribution is -0.120. The van der Waals surface area contributed by atoms with Crippen molar-refractivity contribution >= 4 is 33.2 Å². The number of benzene rings is 3. The molecule has 1 amide bonds. The molecule has 0 spiro atoms. The maximum Gasteiger partial charge on any atom is 0.264 e. The third kappa shape index (κ3) is 7.11. The number of halogens is 1.